The number of sulfonamides is 1. The van der Waals surface area contributed by atoms with Gasteiger partial charge < -0.3 is 5.32 Å². The summed E-state index contributed by atoms with van der Waals surface area (Å²) < 4.78 is 22.3. The second-order valence-corrected chi connectivity index (χ2v) is 4.79. The van der Waals surface area contributed by atoms with E-state index in [0.29, 0.717) is 6.54 Å². The summed E-state index contributed by atoms with van der Waals surface area (Å²) in [4.78, 5) is 0. The fraction of sp³-hybridized carbons (Fsp3) is 0.250. The Balaban J connectivity index is 0.000000980. The number of fused-ring (bicyclic) bond motifs is 1. The zero-order valence-corrected chi connectivity index (χ0v) is 8.94. The molecule has 1 aliphatic rings. The predicted molar refractivity (Wildman–Crippen MR) is 58.0 cm³/mol. The molecule has 3 N–H and O–H groups in total. The number of halogens is 1. The third-order valence-corrected chi connectivity index (χ3v) is 3.40. The molecule has 1 atom stereocenters. The van der Waals surface area contributed by atoms with Gasteiger partial charge in [-0.25, -0.2) is 13.6 Å². The molecule has 2 rings (SSSR count). The molecule has 0 fully saturated rings. The monoisotopic (exact) mass is 234 g/mol. The highest BCUT2D eigenvalue weighted by atomic mass is 35.5. The lowest BCUT2D eigenvalue weighted by Gasteiger charge is -2.05. The Kier molecular flexibility index (Phi) is 3.04. The van der Waals surface area contributed by atoms with Gasteiger partial charge in [-0.15, -0.1) is 12.4 Å². The van der Waals surface area contributed by atoms with Gasteiger partial charge in [0.2, 0.25) is 10.0 Å². The van der Waals surface area contributed by atoms with E-state index < -0.39 is 15.3 Å². The van der Waals surface area contributed by atoms with Crippen LogP contribution >= 0.6 is 12.4 Å². The third kappa shape index (κ3) is 1.84. The van der Waals surface area contributed by atoms with E-state index in [0.717, 1.165) is 11.3 Å². The maximum Gasteiger partial charge on any atom is 0.217 e. The Morgan fingerprint density at radius 2 is 2.00 bits per heavy atom. The lowest BCUT2D eigenvalue weighted by molar-refractivity contribution is 0.588. The molecule has 0 aromatic heterocycles. The van der Waals surface area contributed by atoms with Gasteiger partial charge in [0, 0.05) is 12.2 Å². The number of benzene rings is 1. The highest BCUT2D eigenvalue weighted by Crippen LogP contribution is 2.33. The van der Waals surface area contributed by atoms with Crippen LogP contribution in [0.5, 0.6) is 0 Å². The van der Waals surface area contributed by atoms with Crippen LogP contribution in [0.3, 0.4) is 0 Å². The Bertz CT molecular complexity index is 433. The van der Waals surface area contributed by atoms with Gasteiger partial charge in [0.15, 0.2) is 0 Å². The molecule has 0 amide bonds. The summed E-state index contributed by atoms with van der Waals surface area (Å²) in [7, 11) is -3.48. The number of para-hydroxylation sites is 1. The average molecular weight is 235 g/mol. The summed E-state index contributed by atoms with van der Waals surface area (Å²) in [6, 6.07) is 7.30. The molecule has 6 heteroatoms. The van der Waals surface area contributed by atoms with Gasteiger partial charge in [0.05, 0.1) is 0 Å². The van der Waals surface area contributed by atoms with Gasteiger partial charge in [-0.3, -0.25) is 0 Å². The largest absolute Gasteiger partial charge is 0.383 e. The fourth-order valence-corrected chi connectivity index (χ4v) is 2.42. The van der Waals surface area contributed by atoms with Crippen LogP contribution in [0.2, 0.25) is 0 Å². The van der Waals surface area contributed by atoms with Crippen LogP contribution in [0.1, 0.15) is 10.8 Å². The van der Waals surface area contributed by atoms with Crippen molar-refractivity contribution in [2.45, 2.75) is 5.25 Å². The molecular weight excluding hydrogens is 224 g/mol. The second-order valence-electron chi connectivity index (χ2n) is 3.05. The maximum atomic E-state index is 11.1. The minimum atomic E-state index is -3.48. The molecule has 1 aromatic carbocycles. The highest BCUT2D eigenvalue weighted by Gasteiger charge is 2.30. The van der Waals surface area contributed by atoms with Crippen molar-refractivity contribution < 1.29 is 8.42 Å². The van der Waals surface area contributed by atoms with Crippen molar-refractivity contribution in [3.8, 4) is 0 Å². The summed E-state index contributed by atoms with van der Waals surface area (Å²) in [6.07, 6.45) is 0. The zero-order valence-electron chi connectivity index (χ0n) is 7.30. The fourth-order valence-electron chi connectivity index (χ4n) is 1.54. The van der Waals surface area contributed by atoms with Crippen molar-refractivity contribution in [2.24, 2.45) is 5.14 Å². The Hall–Kier alpha value is -0.780. The Morgan fingerprint density at radius 1 is 1.36 bits per heavy atom. The number of hydrogen-bond acceptors (Lipinski definition) is 3. The van der Waals surface area contributed by atoms with Crippen LogP contribution in [0.25, 0.3) is 0 Å². The first-order chi connectivity index (χ1) is 6.09. The third-order valence-electron chi connectivity index (χ3n) is 2.18. The Labute approximate surface area is 89.0 Å². The second kappa shape index (κ2) is 3.76. The molecule has 4 nitrogen and oxygen atoms in total. The van der Waals surface area contributed by atoms with Crippen LogP contribution in [0.15, 0.2) is 24.3 Å². The first-order valence-electron chi connectivity index (χ1n) is 3.93. The van der Waals surface area contributed by atoms with Gasteiger partial charge in [0.25, 0.3) is 0 Å². The van der Waals surface area contributed by atoms with Crippen molar-refractivity contribution in [3.63, 3.8) is 0 Å². The molecule has 0 saturated carbocycles. The van der Waals surface area contributed by atoms with Gasteiger partial charge in [-0.2, -0.15) is 0 Å². The van der Waals surface area contributed by atoms with E-state index in [9.17, 15) is 8.42 Å². The van der Waals surface area contributed by atoms with Crippen molar-refractivity contribution in [1.82, 2.24) is 0 Å². The molecule has 0 saturated heterocycles. The van der Waals surface area contributed by atoms with E-state index in [-0.39, 0.29) is 12.4 Å². The summed E-state index contributed by atoms with van der Waals surface area (Å²) in [5.41, 5.74) is 1.63. The molecular formula is C8H11ClN2O2S. The molecule has 0 spiro atoms. The highest BCUT2D eigenvalue weighted by molar-refractivity contribution is 7.89. The van der Waals surface area contributed by atoms with Crippen LogP contribution in [0.4, 0.5) is 5.69 Å². The predicted octanol–water partition coefficient (Wildman–Crippen LogP) is 0.864. The topological polar surface area (TPSA) is 72.2 Å². The number of primary sulfonamides is 1. The van der Waals surface area contributed by atoms with Crippen molar-refractivity contribution in [2.75, 3.05) is 11.9 Å². The van der Waals surface area contributed by atoms with Crippen molar-refractivity contribution in [3.05, 3.63) is 29.8 Å². The van der Waals surface area contributed by atoms with E-state index in [1.54, 1.807) is 6.07 Å². The van der Waals surface area contributed by atoms with Crippen LogP contribution in [0, 0.1) is 0 Å². The lowest BCUT2D eigenvalue weighted by Crippen LogP contribution is -2.22. The molecule has 0 radical (unpaired) electrons. The number of rotatable bonds is 1. The van der Waals surface area contributed by atoms with Crippen molar-refractivity contribution in [1.29, 1.82) is 0 Å². The molecule has 14 heavy (non-hydrogen) atoms. The van der Waals surface area contributed by atoms with E-state index in [1.165, 1.54) is 0 Å². The van der Waals surface area contributed by atoms with Crippen LogP contribution < -0.4 is 10.5 Å². The van der Waals surface area contributed by atoms with Gasteiger partial charge >= 0.3 is 0 Å². The number of hydrogen-bond donors (Lipinski definition) is 2. The van der Waals surface area contributed by atoms with Gasteiger partial charge in [0.1, 0.15) is 5.25 Å². The number of anilines is 1. The normalized spacial score (nSPS) is 19.4. The number of nitrogens with one attached hydrogen (secondary N) is 1. The molecule has 0 bridgehead atoms. The summed E-state index contributed by atoms with van der Waals surface area (Å²) in [6.45, 7) is 0.373. The first-order valence-corrected chi connectivity index (χ1v) is 5.54. The maximum absolute atomic E-state index is 11.1. The first kappa shape index (κ1) is 11.3. The standard InChI is InChI=1S/C8H10N2O2S.ClH/c9-13(11,12)8-5-10-7-4-2-1-3-6(7)8;/h1-4,8,10H,5H2,(H2,9,11,12);1H. The average Bonchev–Trinajstić information content (AvgIpc) is 2.45. The number of nitrogens with two attached hydrogens (primary N) is 1. The molecule has 78 valence electrons. The molecule has 1 aromatic rings. The molecule has 0 aliphatic carbocycles. The summed E-state index contributed by atoms with van der Waals surface area (Å²) in [5.74, 6) is 0. The Morgan fingerprint density at radius 3 is 2.64 bits per heavy atom. The van der Waals surface area contributed by atoms with Crippen molar-refractivity contribution >= 4 is 28.1 Å². The van der Waals surface area contributed by atoms with E-state index in [2.05, 4.69) is 5.32 Å². The lowest BCUT2D eigenvalue weighted by atomic mass is 10.2. The quantitative estimate of drug-likeness (QED) is 0.757. The molecule has 1 unspecified atom stereocenters. The molecule has 1 heterocycles. The minimum Gasteiger partial charge on any atom is -0.383 e. The summed E-state index contributed by atoms with van der Waals surface area (Å²) in [5, 5.41) is 7.49. The van der Waals surface area contributed by atoms with E-state index in [4.69, 9.17) is 5.14 Å². The van der Waals surface area contributed by atoms with E-state index >= 15 is 0 Å². The van der Waals surface area contributed by atoms with Crippen LogP contribution in [-0.2, 0) is 10.0 Å². The van der Waals surface area contributed by atoms with E-state index in [1.807, 2.05) is 18.2 Å². The minimum absolute atomic E-state index is 0. The smallest absolute Gasteiger partial charge is 0.217 e. The summed E-state index contributed by atoms with van der Waals surface area (Å²) >= 11 is 0. The van der Waals surface area contributed by atoms with Gasteiger partial charge in [-0.05, 0) is 11.6 Å². The molecule has 1 aliphatic heterocycles. The van der Waals surface area contributed by atoms with Crippen LogP contribution in [-0.4, -0.2) is 15.0 Å². The zero-order chi connectivity index (χ0) is 9.47. The SMILES string of the molecule is Cl.NS(=O)(=O)C1CNc2ccccc21. The van der Waals surface area contributed by atoms with Gasteiger partial charge in [-0.1, -0.05) is 18.2 Å².